The summed E-state index contributed by atoms with van der Waals surface area (Å²) >= 11 is 1.52. The first-order valence-electron chi connectivity index (χ1n) is 6.37. The van der Waals surface area contributed by atoms with Gasteiger partial charge >= 0.3 is 0 Å². The van der Waals surface area contributed by atoms with E-state index in [9.17, 15) is 0 Å². The normalized spacial score (nSPS) is 21.3. The maximum absolute atomic E-state index is 5.63. The second kappa shape index (κ2) is 5.49. The molecule has 2 aromatic rings. The van der Waals surface area contributed by atoms with Crippen LogP contribution in [0.15, 0.2) is 0 Å². The Bertz CT molecular complexity index is 544. The average molecular weight is 283 g/mol. The van der Waals surface area contributed by atoms with Crippen LogP contribution in [-0.4, -0.2) is 46.2 Å². The number of nitrogens with two attached hydrogens (primary N) is 1. The highest BCUT2D eigenvalue weighted by Gasteiger charge is 2.25. The van der Waals surface area contributed by atoms with Crippen molar-refractivity contribution in [3.05, 3.63) is 10.8 Å². The van der Waals surface area contributed by atoms with E-state index in [2.05, 4.69) is 15.3 Å². The van der Waals surface area contributed by atoms with Gasteiger partial charge in [0.05, 0.1) is 6.10 Å². The highest BCUT2D eigenvalue weighted by atomic mass is 32.1. The van der Waals surface area contributed by atoms with Crippen LogP contribution >= 0.6 is 11.3 Å². The molecule has 2 atom stereocenters. The fourth-order valence-corrected chi connectivity index (χ4v) is 3.10. The summed E-state index contributed by atoms with van der Waals surface area (Å²) in [7, 11) is 1.66. The predicted molar refractivity (Wildman–Crippen MR) is 70.1 cm³/mol. The number of nitrogens with zero attached hydrogens (tertiary/aromatic N) is 4. The molecule has 0 aliphatic carbocycles. The van der Waals surface area contributed by atoms with Gasteiger partial charge in [-0.3, -0.25) is 0 Å². The van der Waals surface area contributed by atoms with E-state index in [1.165, 1.54) is 11.3 Å². The van der Waals surface area contributed by atoms with E-state index >= 15 is 0 Å². The van der Waals surface area contributed by atoms with Gasteiger partial charge in [-0.05, 0) is 12.8 Å². The summed E-state index contributed by atoms with van der Waals surface area (Å²) in [5, 5.41) is 13.8. The molecule has 0 radical (unpaired) electrons. The van der Waals surface area contributed by atoms with Crippen molar-refractivity contribution in [2.75, 3.05) is 20.3 Å². The third-order valence-electron chi connectivity index (χ3n) is 3.27. The Morgan fingerprint density at radius 1 is 1.58 bits per heavy atom. The topological polar surface area (TPSA) is 87.6 Å². The van der Waals surface area contributed by atoms with Crippen molar-refractivity contribution in [3.8, 4) is 0 Å². The Morgan fingerprint density at radius 2 is 2.47 bits per heavy atom. The highest BCUT2D eigenvalue weighted by Crippen LogP contribution is 2.28. The molecule has 0 amide bonds. The first kappa shape index (κ1) is 12.9. The second-order valence-corrected chi connectivity index (χ2v) is 5.59. The van der Waals surface area contributed by atoms with E-state index in [1.54, 1.807) is 11.6 Å². The summed E-state index contributed by atoms with van der Waals surface area (Å²) in [6.07, 6.45) is 2.77. The minimum Gasteiger partial charge on any atom is -0.380 e. The van der Waals surface area contributed by atoms with Crippen molar-refractivity contribution >= 4 is 16.3 Å². The molecule has 104 valence electrons. The zero-order valence-electron chi connectivity index (χ0n) is 10.8. The number of hydrogen-bond acceptors (Lipinski definition) is 7. The average Bonchev–Trinajstić information content (AvgIpc) is 3.11. The lowest BCUT2D eigenvalue weighted by Crippen LogP contribution is -2.24. The summed E-state index contributed by atoms with van der Waals surface area (Å²) in [4.78, 5) is 0.798. The van der Waals surface area contributed by atoms with Crippen molar-refractivity contribution in [3.63, 3.8) is 0 Å². The number of fused-ring (bicyclic) bond motifs is 1. The summed E-state index contributed by atoms with van der Waals surface area (Å²) < 4.78 is 12.7. The van der Waals surface area contributed by atoms with Gasteiger partial charge in [0.1, 0.15) is 11.1 Å². The summed E-state index contributed by atoms with van der Waals surface area (Å²) in [6.45, 7) is 1.27. The van der Waals surface area contributed by atoms with Crippen LogP contribution in [0.5, 0.6) is 0 Å². The molecule has 1 aliphatic rings. The summed E-state index contributed by atoms with van der Waals surface area (Å²) in [6, 6.07) is 0. The van der Waals surface area contributed by atoms with Crippen molar-refractivity contribution in [1.29, 1.82) is 0 Å². The van der Waals surface area contributed by atoms with Gasteiger partial charge in [0, 0.05) is 26.7 Å². The minimum absolute atomic E-state index is 0.00463. The molecule has 1 saturated heterocycles. The van der Waals surface area contributed by atoms with Crippen molar-refractivity contribution in [2.24, 2.45) is 5.73 Å². The van der Waals surface area contributed by atoms with Crippen LogP contribution in [0.3, 0.4) is 0 Å². The first-order chi connectivity index (χ1) is 9.31. The number of ether oxygens (including phenoxy) is 2. The molecule has 0 aromatic carbocycles. The smallest absolute Gasteiger partial charge is 0.234 e. The molecule has 1 aliphatic heterocycles. The Morgan fingerprint density at radius 3 is 3.16 bits per heavy atom. The van der Waals surface area contributed by atoms with Gasteiger partial charge < -0.3 is 15.2 Å². The van der Waals surface area contributed by atoms with E-state index < -0.39 is 0 Å². The molecular formula is C11H17N5O2S. The Labute approximate surface area is 114 Å². The monoisotopic (exact) mass is 283 g/mol. The van der Waals surface area contributed by atoms with Gasteiger partial charge in [0.2, 0.25) is 4.96 Å². The van der Waals surface area contributed by atoms with E-state index in [-0.39, 0.29) is 12.2 Å². The molecule has 3 heterocycles. The number of methoxy groups -OCH3 is 1. The molecule has 8 heteroatoms. The third kappa shape index (κ3) is 2.48. The molecule has 7 nitrogen and oxygen atoms in total. The lowest BCUT2D eigenvalue weighted by Gasteiger charge is -2.09. The number of rotatable bonds is 5. The molecule has 0 bridgehead atoms. The lowest BCUT2D eigenvalue weighted by atomic mass is 10.2. The SMILES string of the molecule is COC(CN)Cc1nn2c(C3CCCO3)nnc2s1. The van der Waals surface area contributed by atoms with Crippen LogP contribution in [0.2, 0.25) is 0 Å². The lowest BCUT2D eigenvalue weighted by molar-refractivity contribution is 0.103. The molecule has 2 N–H and O–H groups in total. The maximum Gasteiger partial charge on any atom is 0.234 e. The van der Waals surface area contributed by atoms with Crippen molar-refractivity contribution in [1.82, 2.24) is 19.8 Å². The third-order valence-corrected chi connectivity index (χ3v) is 4.19. The largest absolute Gasteiger partial charge is 0.380 e. The van der Waals surface area contributed by atoms with E-state index in [1.807, 2.05) is 0 Å². The zero-order chi connectivity index (χ0) is 13.2. The standard InChI is InChI=1S/C11H17N5O2S/c1-17-7(6-12)5-9-15-16-10(8-3-2-4-18-8)13-14-11(16)19-9/h7-8H,2-6,12H2,1H3. The van der Waals surface area contributed by atoms with Crippen LogP contribution in [0.1, 0.15) is 29.8 Å². The molecule has 1 fully saturated rings. The van der Waals surface area contributed by atoms with Crippen LogP contribution in [0.25, 0.3) is 4.96 Å². The fraction of sp³-hybridized carbons (Fsp3) is 0.727. The molecule has 0 spiro atoms. The van der Waals surface area contributed by atoms with Gasteiger partial charge in [-0.25, -0.2) is 0 Å². The van der Waals surface area contributed by atoms with Crippen LogP contribution in [0, 0.1) is 0 Å². The van der Waals surface area contributed by atoms with Gasteiger partial charge in [0.15, 0.2) is 5.82 Å². The highest BCUT2D eigenvalue weighted by molar-refractivity contribution is 7.16. The van der Waals surface area contributed by atoms with Crippen LogP contribution in [0.4, 0.5) is 0 Å². The fourth-order valence-electron chi connectivity index (χ4n) is 2.19. The molecule has 3 rings (SSSR count). The maximum atomic E-state index is 5.63. The van der Waals surface area contributed by atoms with E-state index in [4.69, 9.17) is 15.2 Å². The van der Waals surface area contributed by atoms with E-state index in [0.29, 0.717) is 13.0 Å². The van der Waals surface area contributed by atoms with Gasteiger partial charge in [-0.1, -0.05) is 11.3 Å². The Balaban J connectivity index is 1.84. The molecule has 0 saturated carbocycles. The minimum atomic E-state index is -0.00463. The Kier molecular flexibility index (Phi) is 3.74. The van der Waals surface area contributed by atoms with Crippen molar-refractivity contribution in [2.45, 2.75) is 31.5 Å². The van der Waals surface area contributed by atoms with Crippen molar-refractivity contribution < 1.29 is 9.47 Å². The molecule has 2 aromatic heterocycles. The second-order valence-electron chi connectivity index (χ2n) is 4.55. The van der Waals surface area contributed by atoms with Gasteiger partial charge in [-0.15, -0.1) is 10.2 Å². The number of hydrogen-bond donors (Lipinski definition) is 1. The van der Waals surface area contributed by atoms with E-state index in [0.717, 1.165) is 35.2 Å². The van der Waals surface area contributed by atoms with Gasteiger partial charge in [-0.2, -0.15) is 9.61 Å². The molecule has 19 heavy (non-hydrogen) atoms. The molecule has 2 unspecified atom stereocenters. The molecular weight excluding hydrogens is 266 g/mol. The van der Waals surface area contributed by atoms with Gasteiger partial charge in [0.25, 0.3) is 0 Å². The predicted octanol–water partition coefficient (Wildman–Crippen LogP) is 0.553. The summed E-state index contributed by atoms with van der Waals surface area (Å²) in [5.74, 6) is 0.803. The Hall–Kier alpha value is -1.09. The van der Waals surface area contributed by atoms with Crippen LogP contribution in [-0.2, 0) is 15.9 Å². The quantitative estimate of drug-likeness (QED) is 0.862. The zero-order valence-corrected chi connectivity index (χ0v) is 11.6. The summed E-state index contributed by atoms with van der Waals surface area (Å²) in [5.41, 5.74) is 5.63. The van der Waals surface area contributed by atoms with Crippen LogP contribution < -0.4 is 5.73 Å². The first-order valence-corrected chi connectivity index (χ1v) is 7.19. The number of aromatic nitrogens is 4.